The summed E-state index contributed by atoms with van der Waals surface area (Å²) >= 11 is 0. The molecule has 0 bridgehead atoms. The lowest BCUT2D eigenvalue weighted by molar-refractivity contribution is 0.104. The highest BCUT2D eigenvalue weighted by molar-refractivity contribution is 5.13. The summed E-state index contributed by atoms with van der Waals surface area (Å²) in [4.78, 5) is 0. The van der Waals surface area contributed by atoms with Gasteiger partial charge in [0, 0.05) is 6.04 Å². The molecule has 0 aliphatic heterocycles. The molecular formula is C14H21NO. The van der Waals surface area contributed by atoms with E-state index < -0.39 is 0 Å². The molecule has 0 saturated carbocycles. The molecule has 2 N–H and O–H groups in total. The number of allylic oxidation sites excluding steroid dienone is 1. The van der Waals surface area contributed by atoms with Crippen LogP contribution in [0.15, 0.2) is 43.0 Å². The van der Waals surface area contributed by atoms with E-state index in [-0.39, 0.29) is 6.04 Å². The first kappa shape index (κ1) is 12.9. The van der Waals surface area contributed by atoms with Crippen molar-refractivity contribution in [1.29, 1.82) is 0 Å². The maximum Gasteiger partial charge on any atom is 0.0717 e. The van der Waals surface area contributed by atoms with Crippen LogP contribution in [-0.2, 0) is 11.3 Å². The van der Waals surface area contributed by atoms with Gasteiger partial charge in [-0.1, -0.05) is 43.3 Å². The molecule has 0 spiro atoms. The SMILES string of the molecule is C=CC(C)C[C@H](N)COCc1ccccc1. The Morgan fingerprint density at radius 3 is 2.69 bits per heavy atom. The molecule has 1 aromatic rings. The van der Waals surface area contributed by atoms with Gasteiger partial charge < -0.3 is 10.5 Å². The van der Waals surface area contributed by atoms with Gasteiger partial charge in [0.1, 0.15) is 0 Å². The fraction of sp³-hybridized carbons (Fsp3) is 0.429. The van der Waals surface area contributed by atoms with Crippen LogP contribution in [0.5, 0.6) is 0 Å². The third-order valence-electron chi connectivity index (χ3n) is 2.52. The van der Waals surface area contributed by atoms with E-state index in [2.05, 4.69) is 25.6 Å². The van der Waals surface area contributed by atoms with E-state index in [0.717, 1.165) is 6.42 Å². The first-order valence-corrected chi connectivity index (χ1v) is 5.72. The summed E-state index contributed by atoms with van der Waals surface area (Å²) in [6, 6.07) is 10.2. The van der Waals surface area contributed by atoms with Gasteiger partial charge in [-0.25, -0.2) is 0 Å². The molecule has 1 aromatic carbocycles. The Balaban J connectivity index is 2.18. The minimum Gasteiger partial charge on any atom is -0.375 e. The molecule has 1 rings (SSSR count). The molecule has 0 aliphatic carbocycles. The van der Waals surface area contributed by atoms with Gasteiger partial charge in [0.25, 0.3) is 0 Å². The lowest BCUT2D eigenvalue weighted by Gasteiger charge is -2.14. The molecule has 88 valence electrons. The van der Waals surface area contributed by atoms with Crippen LogP contribution in [0.1, 0.15) is 18.9 Å². The highest BCUT2D eigenvalue weighted by atomic mass is 16.5. The second kappa shape index (κ2) is 7.20. The molecule has 16 heavy (non-hydrogen) atoms. The molecule has 0 aromatic heterocycles. The quantitative estimate of drug-likeness (QED) is 0.716. The van der Waals surface area contributed by atoms with Gasteiger partial charge >= 0.3 is 0 Å². The number of hydrogen-bond donors (Lipinski definition) is 1. The van der Waals surface area contributed by atoms with Gasteiger partial charge in [0.05, 0.1) is 13.2 Å². The van der Waals surface area contributed by atoms with Crippen LogP contribution in [0.4, 0.5) is 0 Å². The smallest absolute Gasteiger partial charge is 0.0717 e. The second-order valence-corrected chi connectivity index (χ2v) is 4.21. The van der Waals surface area contributed by atoms with Gasteiger partial charge in [0.2, 0.25) is 0 Å². The molecular weight excluding hydrogens is 198 g/mol. The van der Waals surface area contributed by atoms with Crippen molar-refractivity contribution in [1.82, 2.24) is 0 Å². The summed E-state index contributed by atoms with van der Waals surface area (Å²) in [7, 11) is 0. The average molecular weight is 219 g/mol. The van der Waals surface area contributed by atoms with Crippen LogP contribution in [0.2, 0.25) is 0 Å². The van der Waals surface area contributed by atoms with Gasteiger partial charge in [-0.15, -0.1) is 6.58 Å². The average Bonchev–Trinajstić information content (AvgIpc) is 2.30. The van der Waals surface area contributed by atoms with Crippen molar-refractivity contribution in [2.45, 2.75) is 26.0 Å². The fourth-order valence-corrected chi connectivity index (χ4v) is 1.54. The van der Waals surface area contributed by atoms with Crippen molar-refractivity contribution >= 4 is 0 Å². The summed E-state index contributed by atoms with van der Waals surface area (Å²) in [6.07, 6.45) is 2.86. The van der Waals surface area contributed by atoms with Gasteiger partial charge in [-0.2, -0.15) is 0 Å². The Bertz CT molecular complexity index is 297. The van der Waals surface area contributed by atoms with Gasteiger partial charge in [0.15, 0.2) is 0 Å². The molecule has 0 radical (unpaired) electrons. The van der Waals surface area contributed by atoms with Crippen LogP contribution in [0.25, 0.3) is 0 Å². The maximum absolute atomic E-state index is 5.94. The zero-order chi connectivity index (χ0) is 11.8. The van der Waals surface area contributed by atoms with Crippen molar-refractivity contribution in [2.75, 3.05) is 6.61 Å². The van der Waals surface area contributed by atoms with E-state index in [9.17, 15) is 0 Å². The van der Waals surface area contributed by atoms with Gasteiger partial charge in [-0.05, 0) is 17.9 Å². The monoisotopic (exact) mass is 219 g/mol. The van der Waals surface area contributed by atoms with Crippen LogP contribution >= 0.6 is 0 Å². The topological polar surface area (TPSA) is 35.2 Å². The van der Waals surface area contributed by atoms with E-state index in [0.29, 0.717) is 19.1 Å². The molecule has 1 unspecified atom stereocenters. The van der Waals surface area contributed by atoms with Crippen LogP contribution in [0.3, 0.4) is 0 Å². The van der Waals surface area contributed by atoms with Gasteiger partial charge in [-0.3, -0.25) is 0 Å². The summed E-state index contributed by atoms with van der Waals surface area (Å²) < 4.78 is 5.57. The summed E-state index contributed by atoms with van der Waals surface area (Å²) in [5, 5.41) is 0. The number of ether oxygens (including phenoxy) is 1. The molecule has 0 amide bonds. The number of benzene rings is 1. The molecule has 0 aliphatic rings. The molecule has 0 saturated heterocycles. The summed E-state index contributed by atoms with van der Waals surface area (Å²) in [5.41, 5.74) is 7.13. The number of hydrogen-bond acceptors (Lipinski definition) is 2. The van der Waals surface area contributed by atoms with E-state index in [1.807, 2.05) is 24.3 Å². The molecule has 2 heteroatoms. The standard InChI is InChI=1S/C14H21NO/c1-3-12(2)9-14(15)11-16-10-13-7-5-4-6-8-13/h3-8,12,14H,1,9-11,15H2,2H3/t12?,14-/m0/s1. The lowest BCUT2D eigenvalue weighted by Crippen LogP contribution is -2.27. The van der Waals surface area contributed by atoms with E-state index >= 15 is 0 Å². The first-order valence-electron chi connectivity index (χ1n) is 5.72. The highest BCUT2D eigenvalue weighted by Gasteiger charge is 2.06. The maximum atomic E-state index is 5.94. The van der Waals surface area contributed by atoms with E-state index in [1.54, 1.807) is 0 Å². The zero-order valence-corrected chi connectivity index (χ0v) is 9.93. The van der Waals surface area contributed by atoms with Crippen LogP contribution < -0.4 is 5.73 Å². The van der Waals surface area contributed by atoms with Crippen molar-refractivity contribution in [2.24, 2.45) is 11.7 Å². The highest BCUT2D eigenvalue weighted by Crippen LogP contribution is 2.06. The lowest BCUT2D eigenvalue weighted by atomic mass is 10.0. The minimum atomic E-state index is 0.0942. The summed E-state index contributed by atoms with van der Waals surface area (Å²) in [5.74, 6) is 0.454. The first-order chi connectivity index (χ1) is 7.72. The zero-order valence-electron chi connectivity index (χ0n) is 9.93. The van der Waals surface area contributed by atoms with E-state index in [1.165, 1.54) is 5.56 Å². The van der Waals surface area contributed by atoms with Crippen molar-refractivity contribution in [3.05, 3.63) is 48.6 Å². The Labute approximate surface area is 98.1 Å². The van der Waals surface area contributed by atoms with Crippen LogP contribution in [0, 0.1) is 5.92 Å². The van der Waals surface area contributed by atoms with Crippen molar-refractivity contribution < 1.29 is 4.74 Å². The van der Waals surface area contributed by atoms with Crippen molar-refractivity contribution in [3.63, 3.8) is 0 Å². The van der Waals surface area contributed by atoms with Crippen molar-refractivity contribution in [3.8, 4) is 0 Å². The third kappa shape index (κ3) is 5.10. The molecule has 0 heterocycles. The second-order valence-electron chi connectivity index (χ2n) is 4.21. The number of nitrogens with two attached hydrogens (primary N) is 1. The normalized spacial score (nSPS) is 14.4. The molecule has 2 nitrogen and oxygen atoms in total. The predicted molar refractivity (Wildman–Crippen MR) is 68.1 cm³/mol. The third-order valence-corrected chi connectivity index (χ3v) is 2.52. The minimum absolute atomic E-state index is 0.0942. The Morgan fingerprint density at radius 2 is 2.06 bits per heavy atom. The Morgan fingerprint density at radius 1 is 1.38 bits per heavy atom. The van der Waals surface area contributed by atoms with E-state index in [4.69, 9.17) is 10.5 Å². The number of rotatable bonds is 7. The molecule has 0 fully saturated rings. The molecule has 2 atom stereocenters. The predicted octanol–water partition coefficient (Wildman–Crippen LogP) is 2.74. The van der Waals surface area contributed by atoms with Crippen LogP contribution in [-0.4, -0.2) is 12.6 Å². The summed E-state index contributed by atoms with van der Waals surface area (Å²) in [6.45, 7) is 7.10. The Hall–Kier alpha value is -1.12. The largest absolute Gasteiger partial charge is 0.375 e. The fourth-order valence-electron chi connectivity index (χ4n) is 1.54. The Kier molecular flexibility index (Phi) is 5.83.